The number of aliphatic carboxylic acids is 1. The van der Waals surface area contributed by atoms with Gasteiger partial charge in [-0.05, 0) is 0 Å². The molecule has 7 unspecified atom stereocenters. The Bertz CT molecular complexity index is 316. The highest BCUT2D eigenvalue weighted by Crippen LogP contribution is 2.33. The van der Waals surface area contributed by atoms with E-state index in [4.69, 9.17) is 5.11 Å². The van der Waals surface area contributed by atoms with Crippen LogP contribution in [0.2, 0.25) is 0 Å². The smallest absolute Gasteiger partial charge is 0.317 e. The van der Waals surface area contributed by atoms with Crippen LogP contribution in [0.25, 0.3) is 0 Å². The minimum absolute atomic E-state index is 0.215. The lowest BCUT2D eigenvalue weighted by Gasteiger charge is -2.34. The molecule has 120 valence electrons. The van der Waals surface area contributed by atoms with E-state index in [1.165, 1.54) is 0 Å². The van der Waals surface area contributed by atoms with Gasteiger partial charge in [-0.2, -0.15) is 114 Å². The van der Waals surface area contributed by atoms with Crippen LogP contribution in [0.3, 0.4) is 0 Å². The van der Waals surface area contributed by atoms with Crippen LogP contribution in [0.15, 0.2) is 0 Å². The number of carboxylic acid groups (broad SMARTS) is 1. The molecule has 2 nitrogen and oxygen atoms in total. The summed E-state index contributed by atoms with van der Waals surface area (Å²) >= 11 is 38.9. The van der Waals surface area contributed by atoms with Gasteiger partial charge >= 0.3 is 5.97 Å². The van der Waals surface area contributed by atoms with Gasteiger partial charge in [-0.15, -0.1) is 0 Å². The molecule has 0 bridgehead atoms. The van der Waals surface area contributed by atoms with Crippen molar-refractivity contribution in [2.75, 3.05) is 0 Å². The fourth-order valence-electron chi connectivity index (χ4n) is 1.32. The van der Waals surface area contributed by atoms with Crippen molar-refractivity contribution in [3.05, 3.63) is 0 Å². The van der Waals surface area contributed by atoms with E-state index in [-0.39, 0.29) is 25.6 Å². The van der Waals surface area contributed by atoms with Crippen LogP contribution in [0.4, 0.5) is 0 Å². The number of thiol groups is 9. The topological polar surface area (TPSA) is 37.3 Å². The zero-order valence-corrected chi connectivity index (χ0v) is 18.0. The van der Waals surface area contributed by atoms with Crippen molar-refractivity contribution in [3.8, 4) is 0 Å². The minimum atomic E-state index is -1.05. The highest BCUT2D eigenvalue weighted by Gasteiger charge is 2.37. The van der Waals surface area contributed by atoms with E-state index in [1.807, 2.05) is 0 Å². The molecule has 0 aromatic carbocycles. The van der Waals surface area contributed by atoms with Crippen LogP contribution in [0, 0.1) is 0 Å². The van der Waals surface area contributed by atoms with E-state index >= 15 is 0 Å². The van der Waals surface area contributed by atoms with E-state index < -0.39 is 21.7 Å². The Morgan fingerprint density at radius 1 is 0.600 bits per heavy atom. The molecule has 0 radical (unpaired) electrons. The average molecular weight is 447 g/mol. The van der Waals surface area contributed by atoms with Gasteiger partial charge in [0.2, 0.25) is 0 Å². The van der Waals surface area contributed by atoms with Gasteiger partial charge < -0.3 is 5.11 Å². The van der Waals surface area contributed by atoms with Crippen LogP contribution in [0.5, 0.6) is 0 Å². The monoisotopic (exact) mass is 446 g/mol. The molecule has 1 N–H and O–H groups in total. The molecule has 0 spiro atoms. The first-order chi connectivity index (χ1) is 9.02. The third-order valence-electron chi connectivity index (χ3n) is 2.63. The van der Waals surface area contributed by atoms with Gasteiger partial charge in [-0.25, -0.2) is 0 Å². The summed E-state index contributed by atoms with van der Waals surface area (Å²) in [7, 11) is 0. The number of hydrogen-bond acceptors (Lipinski definition) is 10. The highest BCUT2D eigenvalue weighted by molar-refractivity contribution is 8.01. The molecule has 0 aliphatic carbocycles. The van der Waals surface area contributed by atoms with Crippen molar-refractivity contribution >= 4 is 120 Å². The number of carbonyl (C=O) groups is 1. The van der Waals surface area contributed by atoms with Crippen molar-refractivity contribution < 1.29 is 9.90 Å². The zero-order chi connectivity index (χ0) is 16.2. The second-order valence-corrected chi connectivity index (χ2v) is 9.79. The van der Waals surface area contributed by atoms with Crippen molar-refractivity contribution in [1.82, 2.24) is 0 Å². The maximum atomic E-state index is 10.9. The average Bonchev–Trinajstić information content (AvgIpc) is 2.40. The van der Waals surface area contributed by atoms with Crippen LogP contribution < -0.4 is 0 Å². The summed E-state index contributed by atoms with van der Waals surface area (Å²) in [6, 6.07) is 0. The Morgan fingerprint density at radius 2 is 0.900 bits per heavy atom. The standard InChI is InChI=1S/C9H18O2S9/c10-8(11)6(17)4(15)2(13)1(12)3(14)5(16)7(18)9(19)20/h1-7,9,12-20H,(H,10,11). The summed E-state index contributed by atoms with van der Waals surface area (Å²) < 4.78 is -0.266. The summed E-state index contributed by atoms with van der Waals surface area (Å²) in [5, 5.41) is 5.87. The first-order valence-corrected chi connectivity index (χ1v) is 10.0. The van der Waals surface area contributed by atoms with Gasteiger partial charge in [0.1, 0.15) is 5.25 Å². The van der Waals surface area contributed by atoms with Gasteiger partial charge in [0.15, 0.2) is 0 Å². The molecule has 11 heteroatoms. The first kappa shape index (κ1) is 22.6. The summed E-state index contributed by atoms with van der Waals surface area (Å²) in [5.41, 5.74) is 0. The van der Waals surface area contributed by atoms with Gasteiger partial charge in [0.25, 0.3) is 0 Å². The minimum Gasteiger partial charge on any atom is -0.480 e. The predicted octanol–water partition coefficient (Wildman–Crippen LogP) is 2.35. The van der Waals surface area contributed by atoms with Crippen LogP contribution in [-0.4, -0.2) is 52.4 Å². The molecule has 0 aromatic heterocycles. The molecular weight excluding hydrogens is 429 g/mol. The molecule has 0 rings (SSSR count). The molecule has 0 fully saturated rings. The lowest BCUT2D eigenvalue weighted by Crippen LogP contribution is -2.45. The van der Waals surface area contributed by atoms with Gasteiger partial charge in [-0.1, -0.05) is 0 Å². The lowest BCUT2D eigenvalue weighted by molar-refractivity contribution is -0.136. The van der Waals surface area contributed by atoms with E-state index in [2.05, 4.69) is 114 Å². The molecular formula is C9H18O2S9. The zero-order valence-electron chi connectivity index (χ0n) is 10.00. The van der Waals surface area contributed by atoms with E-state index in [9.17, 15) is 4.79 Å². The normalized spacial score (nSPS) is 22.7. The third-order valence-corrected chi connectivity index (χ3v) is 9.51. The van der Waals surface area contributed by atoms with E-state index in [0.717, 1.165) is 0 Å². The molecule has 7 atom stereocenters. The van der Waals surface area contributed by atoms with Gasteiger partial charge in [-0.3, -0.25) is 4.79 Å². The fourth-order valence-corrected chi connectivity index (χ4v) is 4.78. The van der Waals surface area contributed by atoms with Crippen LogP contribution >= 0.6 is 114 Å². The molecule has 0 saturated heterocycles. The number of hydrogen-bond donors (Lipinski definition) is 10. The van der Waals surface area contributed by atoms with Crippen molar-refractivity contribution in [1.29, 1.82) is 0 Å². The molecule has 0 aliphatic heterocycles. The maximum absolute atomic E-state index is 10.9. The molecule has 0 amide bonds. The Labute approximate surface area is 169 Å². The first-order valence-electron chi connectivity index (χ1n) is 5.37. The predicted molar refractivity (Wildman–Crippen MR) is 119 cm³/mol. The molecule has 0 aliphatic rings. The highest BCUT2D eigenvalue weighted by atomic mass is 32.2. The SMILES string of the molecule is O=C(O)C(S)C(S)C(S)C(S)C(S)C(S)C(S)C(S)S. The molecule has 0 aromatic rings. The molecule has 20 heavy (non-hydrogen) atoms. The quantitative estimate of drug-likeness (QED) is 0.210. The molecule has 0 saturated carbocycles. The number of carboxylic acids is 1. The third kappa shape index (κ3) is 6.62. The Kier molecular flexibility index (Phi) is 11.9. The van der Waals surface area contributed by atoms with Crippen molar-refractivity contribution in [3.63, 3.8) is 0 Å². The van der Waals surface area contributed by atoms with E-state index in [1.54, 1.807) is 0 Å². The largest absolute Gasteiger partial charge is 0.480 e. The Hall–Kier alpha value is 2.62. The van der Waals surface area contributed by atoms with Crippen molar-refractivity contribution in [2.24, 2.45) is 0 Å². The van der Waals surface area contributed by atoms with Crippen molar-refractivity contribution in [2.45, 2.75) is 41.3 Å². The molecule has 0 heterocycles. The second-order valence-electron chi connectivity index (χ2n) is 4.14. The fraction of sp³-hybridized carbons (Fsp3) is 0.889. The van der Waals surface area contributed by atoms with Gasteiger partial charge in [0.05, 0.1) is 4.58 Å². The maximum Gasteiger partial charge on any atom is 0.317 e. The van der Waals surface area contributed by atoms with E-state index in [0.29, 0.717) is 0 Å². The number of rotatable bonds is 8. The Balaban J connectivity index is 4.79. The second kappa shape index (κ2) is 10.5. The summed E-state index contributed by atoms with van der Waals surface area (Å²) in [5.74, 6) is -1.05. The van der Waals surface area contributed by atoms with Crippen LogP contribution in [0.1, 0.15) is 0 Å². The van der Waals surface area contributed by atoms with Crippen LogP contribution in [-0.2, 0) is 4.79 Å². The summed E-state index contributed by atoms with van der Waals surface area (Å²) in [6.45, 7) is 0. The van der Waals surface area contributed by atoms with Gasteiger partial charge in [0, 0.05) is 31.5 Å². The summed E-state index contributed by atoms with van der Waals surface area (Å²) in [4.78, 5) is 10.9. The lowest BCUT2D eigenvalue weighted by atomic mass is 10.1. The summed E-state index contributed by atoms with van der Waals surface area (Å²) in [6.07, 6.45) is 0. The Morgan fingerprint density at radius 3 is 1.20 bits per heavy atom.